The fourth-order valence-electron chi connectivity index (χ4n) is 3.17. The fourth-order valence-corrected chi connectivity index (χ4v) is 3.17. The van der Waals surface area contributed by atoms with Crippen LogP contribution in [-0.4, -0.2) is 40.7 Å². The third kappa shape index (κ3) is 3.62. The van der Waals surface area contributed by atoms with Crippen LogP contribution in [0.5, 0.6) is 5.88 Å². The van der Waals surface area contributed by atoms with Gasteiger partial charge in [-0.2, -0.15) is 5.10 Å². The van der Waals surface area contributed by atoms with Gasteiger partial charge in [-0.3, -0.25) is 4.79 Å². The Hall–Kier alpha value is -2.50. The predicted octanol–water partition coefficient (Wildman–Crippen LogP) is 3.03. The maximum atomic E-state index is 13.8. The molecule has 0 bridgehead atoms. The molecule has 0 spiro atoms. The van der Waals surface area contributed by atoms with Crippen LogP contribution < -0.4 is 4.74 Å². The summed E-state index contributed by atoms with van der Waals surface area (Å²) in [6, 6.07) is 9.94. The predicted molar refractivity (Wildman–Crippen MR) is 89.9 cm³/mol. The summed E-state index contributed by atoms with van der Waals surface area (Å²) in [5, 5.41) is 8.31. The monoisotopic (exact) mass is 341 g/mol. The molecule has 25 heavy (non-hydrogen) atoms. The van der Waals surface area contributed by atoms with Gasteiger partial charge in [0, 0.05) is 31.0 Å². The molecule has 0 N–H and O–H groups in total. The van der Waals surface area contributed by atoms with E-state index in [1.165, 1.54) is 25.0 Å². The molecule has 1 atom stereocenters. The number of ether oxygens (including phenoxy) is 1. The molecule has 1 aromatic carbocycles. The molecule has 1 saturated heterocycles. The first kappa shape index (κ1) is 16.0. The first-order chi connectivity index (χ1) is 12.2. The van der Waals surface area contributed by atoms with Crippen molar-refractivity contribution in [3.8, 4) is 5.88 Å². The number of amides is 1. The van der Waals surface area contributed by atoms with Gasteiger partial charge in [-0.15, -0.1) is 5.10 Å². The summed E-state index contributed by atoms with van der Waals surface area (Å²) in [7, 11) is 0. The van der Waals surface area contributed by atoms with E-state index in [9.17, 15) is 9.18 Å². The molecular formula is C19H20FN3O2. The van der Waals surface area contributed by atoms with Crippen LogP contribution in [0.2, 0.25) is 0 Å². The van der Waals surface area contributed by atoms with Gasteiger partial charge in [0.2, 0.25) is 5.88 Å². The van der Waals surface area contributed by atoms with Crippen molar-refractivity contribution in [1.82, 2.24) is 15.1 Å². The fraction of sp³-hybridized carbons (Fsp3) is 0.421. The van der Waals surface area contributed by atoms with E-state index in [1.54, 1.807) is 17.0 Å². The van der Waals surface area contributed by atoms with Crippen molar-refractivity contribution in [1.29, 1.82) is 0 Å². The quantitative estimate of drug-likeness (QED) is 0.839. The van der Waals surface area contributed by atoms with Crippen LogP contribution >= 0.6 is 0 Å². The lowest BCUT2D eigenvalue weighted by Crippen LogP contribution is -2.30. The molecule has 5 nitrogen and oxygen atoms in total. The summed E-state index contributed by atoms with van der Waals surface area (Å²) >= 11 is 0. The number of halogens is 1. The molecule has 1 saturated carbocycles. The average molecular weight is 341 g/mol. The third-order valence-electron chi connectivity index (χ3n) is 4.80. The molecule has 4 rings (SSSR count). The number of hydrogen-bond acceptors (Lipinski definition) is 4. The average Bonchev–Trinajstić information content (AvgIpc) is 3.38. The molecule has 1 aliphatic heterocycles. The molecule has 2 aromatic rings. The minimum atomic E-state index is -0.474. The Bertz CT molecular complexity index is 762. The maximum absolute atomic E-state index is 13.8. The zero-order valence-electron chi connectivity index (χ0n) is 13.9. The highest BCUT2D eigenvalue weighted by Gasteiger charge is 2.29. The van der Waals surface area contributed by atoms with Crippen molar-refractivity contribution in [3.05, 3.63) is 53.5 Å². The minimum absolute atomic E-state index is 0.130. The van der Waals surface area contributed by atoms with Crippen molar-refractivity contribution >= 4 is 5.91 Å². The summed E-state index contributed by atoms with van der Waals surface area (Å²) in [6.07, 6.45) is 3.24. The van der Waals surface area contributed by atoms with Gasteiger partial charge in [0.25, 0.3) is 5.91 Å². The SMILES string of the molecule is O=C(c1ccccc1F)N1CCC(COc2ccc(C3CC3)nn2)C1. The molecule has 6 heteroatoms. The number of hydrogen-bond donors (Lipinski definition) is 0. The van der Waals surface area contributed by atoms with Crippen LogP contribution in [0.25, 0.3) is 0 Å². The van der Waals surface area contributed by atoms with Crippen molar-refractivity contribution in [2.45, 2.75) is 25.2 Å². The Labute approximate surface area is 145 Å². The second-order valence-corrected chi connectivity index (χ2v) is 6.77. The summed E-state index contributed by atoms with van der Waals surface area (Å²) in [6.45, 7) is 1.67. The highest BCUT2D eigenvalue weighted by molar-refractivity contribution is 5.94. The van der Waals surface area contributed by atoms with Crippen LogP contribution in [-0.2, 0) is 0 Å². The van der Waals surface area contributed by atoms with Crippen LogP contribution in [0, 0.1) is 11.7 Å². The highest BCUT2D eigenvalue weighted by Crippen LogP contribution is 2.38. The molecular weight excluding hydrogens is 321 g/mol. The lowest BCUT2D eigenvalue weighted by atomic mass is 10.1. The molecule has 2 heterocycles. The standard InChI is InChI=1S/C19H20FN3O2/c20-16-4-2-1-3-15(16)19(24)23-10-9-13(11-23)12-25-18-8-7-17(21-22-18)14-5-6-14/h1-4,7-8,13-14H,5-6,9-12H2. The highest BCUT2D eigenvalue weighted by atomic mass is 19.1. The number of rotatable bonds is 5. The van der Waals surface area contributed by atoms with Gasteiger partial charge in [-0.1, -0.05) is 12.1 Å². The van der Waals surface area contributed by atoms with Crippen LogP contribution in [0.1, 0.15) is 41.2 Å². The molecule has 1 aliphatic carbocycles. The van der Waals surface area contributed by atoms with Gasteiger partial charge < -0.3 is 9.64 Å². The maximum Gasteiger partial charge on any atom is 0.256 e. The second kappa shape index (κ2) is 6.78. The summed E-state index contributed by atoms with van der Waals surface area (Å²) in [5.41, 5.74) is 1.17. The van der Waals surface area contributed by atoms with Gasteiger partial charge in [-0.25, -0.2) is 4.39 Å². The summed E-state index contributed by atoms with van der Waals surface area (Å²) in [5.74, 6) is 0.589. The van der Waals surface area contributed by atoms with E-state index in [4.69, 9.17) is 4.74 Å². The number of aromatic nitrogens is 2. The Kier molecular flexibility index (Phi) is 4.34. The van der Waals surface area contributed by atoms with Crippen molar-refractivity contribution in [2.75, 3.05) is 19.7 Å². The topological polar surface area (TPSA) is 55.3 Å². The van der Waals surface area contributed by atoms with Gasteiger partial charge in [-0.05, 0) is 37.5 Å². The van der Waals surface area contributed by atoms with Gasteiger partial charge in [0.05, 0.1) is 17.9 Å². The van der Waals surface area contributed by atoms with Gasteiger partial charge >= 0.3 is 0 Å². The number of likely N-dealkylation sites (tertiary alicyclic amines) is 1. The summed E-state index contributed by atoms with van der Waals surface area (Å²) in [4.78, 5) is 14.1. The smallest absolute Gasteiger partial charge is 0.256 e. The number of carbonyl (C=O) groups is 1. The van der Waals surface area contributed by atoms with Crippen LogP contribution in [0.3, 0.4) is 0 Å². The Morgan fingerprint density at radius 1 is 1.16 bits per heavy atom. The molecule has 0 radical (unpaired) electrons. The van der Waals surface area contributed by atoms with E-state index < -0.39 is 5.82 Å². The van der Waals surface area contributed by atoms with Gasteiger partial charge in [0.1, 0.15) is 5.82 Å². The zero-order chi connectivity index (χ0) is 17.2. The minimum Gasteiger partial charge on any atom is -0.476 e. The molecule has 2 aliphatic rings. The third-order valence-corrected chi connectivity index (χ3v) is 4.80. The second-order valence-electron chi connectivity index (χ2n) is 6.77. The molecule has 1 unspecified atom stereocenters. The van der Waals surface area contributed by atoms with E-state index in [0.29, 0.717) is 31.5 Å². The largest absolute Gasteiger partial charge is 0.476 e. The molecule has 1 amide bonds. The Balaban J connectivity index is 1.30. The first-order valence-electron chi connectivity index (χ1n) is 8.71. The van der Waals surface area contributed by atoms with Crippen molar-refractivity contribution < 1.29 is 13.9 Å². The molecule has 130 valence electrons. The Morgan fingerprint density at radius 2 is 2.00 bits per heavy atom. The lowest BCUT2D eigenvalue weighted by molar-refractivity contribution is 0.0778. The first-order valence-corrected chi connectivity index (χ1v) is 8.71. The van der Waals surface area contributed by atoms with E-state index in [2.05, 4.69) is 10.2 Å². The molecule has 1 aromatic heterocycles. The lowest BCUT2D eigenvalue weighted by Gasteiger charge is -2.17. The van der Waals surface area contributed by atoms with Crippen molar-refractivity contribution in [3.63, 3.8) is 0 Å². The normalized spacial score (nSPS) is 19.9. The number of nitrogens with zero attached hydrogens (tertiary/aromatic N) is 3. The van der Waals surface area contributed by atoms with Gasteiger partial charge in [0.15, 0.2) is 0 Å². The number of carbonyl (C=O) groups excluding carboxylic acids is 1. The number of benzene rings is 1. The van der Waals surface area contributed by atoms with E-state index in [0.717, 1.165) is 12.1 Å². The summed E-state index contributed by atoms with van der Waals surface area (Å²) < 4.78 is 19.5. The zero-order valence-corrected chi connectivity index (χ0v) is 13.9. The van der Waals surface area contributed by atoms with Crippen LogP contribution in [0.4, 0.5) is 4.39 Å². The van der Waals surface area contributed by atoms with E-state index >= 15 is 0 Å². The van der Waals surface area contributed by atoms with E-state index in [-0.39, 0.29) is 17.4 Å². The van der Waals surface area contributed by atoms with Crippen molar-refractivity contribution in [2.24, 2.45) is 5.92 Å². The Morgan fingerprint density at radius 3 is 2.72 bits per heavy atom. The molecule has 2 fully saturated rings. The van der Waals surface area contributed by atoms with E-state index in [1.807, 2.05) is 12.1 Å². The van der Waals surface area contributed by atoms with Crippen LogP contribution in [0.15, 0.2) is 36.4 Å².